The first-order valence-corrected chi connectivity index (χ1v) is 9.57. The molecule has 5 nitrogen and oxygen atoms in total. The van der Waals surface area contributed by atoms with Gasteiger partial charge in [0, 0.05) is 36.1 Å². The molecular weight excluding hydrogens is 338 g/mol. The smallest absolute Gasteiger partial charge is 0.253 e. The van der Waals surface area contributed by atoms with Crippen LogP contribution in [0.15, 0.2) is 48.5 Å². The van der Waals surface area contributed by atoms with Crippen molar-refractivity contribution in [2.45, 2.75) is 33.2 Å². The Morgan fingerprint density at radius 2 is 1.74 bits per heavy atom. The Balaban J connectivity index is 1.62. The molecule has 2 aromatic carbocycles. The molecule has 2 amide bonds. The third-order valence-corrected chi connectivity index (χ3v) is 5.13. The predicted molar refractivity (Wildman–Crippen MR) is 109 cm³/mol. The van der Waals surface area contributed by atoms with Gasteiger partial charge in [0.2, 0.25) is 5.91 Å². The molecule has 3 rings (SSSR count). The number of nitrogens with zero attached hydrogens (tertiary/aromatic N) is 2. The monoisotopic (exact) mass is 365 g/mol. The van der Waals surface area contributed by atoms with Gasteiger partial charge in [-0.25, -0.2) is 0 Å². The van der Waals surface area contributed by atoms with E-state index in [4.69, 9.17) is 0 Å². The molecule has 1 N–H and O–H groups in total. The summed E-state index contributed by atoms with van der Waals surface area (Å²) in [7, 11) is 0. The molecule has 27 heavy (non-hydrogen) atoms. The van der Waals surface area contributed by atoms with Crippen molar-refractivity contribution in [3.63, 3.8) is 0 Å². The first-order valence-electron chi connectivity index (χ1n) is 9.57. The molecule has 0 aliphatic carbocycles. The van der Waals surface area contributed by atoms with Crippen LogP contribution in [0.4, 0.5) is 11.4 Å². The van der Waals surface area contributed by atoms with Crippen molar-refractivity contribution in [2.24, 2.45) is 0 Å². The van der Waals surface area contributed by atoms with Crippen molar-refractivity contribution in [3.05, 3.63) is 59.7 Å². The van der Waals surface area contributed by atoms with Crippen LogP contribution in [-0.4, -0.2) is 42.4 Å². The Labute approximate surface area is 161 Å². The molecule has 0 saturated heterocycles. The number of carbonyl (C=O) groups excluding carboxylic acids is 2. The summed E-state index contributed by atoms with van der Waals surface area (Å²) in [6.07, 6.45) is 0.964. The lowest BCUT2D eigenvalue weighted by Gasteiger charge is -2.24. The van der Waals surface area contributed by atoms with E-state index in [0.717, 1.165) is 12.1 Å². The fourth-order valence-electron chi connectivity index (χ4n) is 3.62. The first kappa shape index (κ1) is 19.0. The van der Waals surface area contributed by atoms with Gasteiger partial charge in [0.05, 0.1) is 6.54 Å². The van der Waals surface area contributed by atoms with Crippen molar-refractivity contribution in [2.75, 3.05) is 29.9 Å². The predicted octanol–water partition coefficient (Wildman–Crippen LogP) is 3.56. The molecule has 1 aliphatic rings. The minimum atomic E-state index is -0.0543. The SMILES string of the molecule is CCN(CC)C(=O)c1ccc(NC(=O)CN2c3ccccc3C[C@@H]2C)cc1. The molecule has 1 aliphatic heterocycles. The van der Waals surface area contributed by atoms with Gasteiger partial charge in [0.25, 0.3) is 5.91 Å². The molecule has 1 heterocycles. The average molecular weight is 365 g/mol. The number of anilines is 2. The third kappa shape index (κ3) is 4.13. The second kappa shape index (κ2) is 8.25. The standard InChI is InChI=1S/C22H27N3O2/c1-4-24(5-2)22(27)17-10-12-19(13-11-17)23-21(26)15-25-16(3)14-18-8-6-7-9-20(18)25/h6-13,16H,4-5,14-15H2,1-3H3,(H,23,26)/t16-/m0/s1. The van der Waals surface area contributed by atoms with E-state index in [1.807, 2.05) is 26.0 Å². The van der Waals surface area contributed by atoms with E-state index in [0.29, 0.717) is 36.9 Å². The number of hydrogen-bond donors (Lipinski definition) is 1. The zero-order valence-electron chi connectivity index (χ0n) is 16.2. The van der Waals surface area contributed by atoms with Gasteiger partial charge in [-0.2, -0.15) is 0 Å². The number of nitrogens with one attached hydrogen (secondary N) is 1. The maximum absolute atomic E-state index is 12.5. The van der Waals surface area contributed by atoms with Crippen LogP contribution in [0.1, 0.15) is 36.7 Å². The number of amides is 2. The maximum atomic E-state index is 12.5. The van der Waals surface area contributed by atoms with Gasteiger partial charge in [-0.05, 0) is 63.1 Å². The highest BCUT2D eigenvalue weighted by Crippen LogP contribution is 2.31. The minimum absolute atomic E-state index is 0.0142. The number of rotatable bonds is 6. The van der Waals surface area contributed by atoms with E-state index in [-0.39, 0.29) is 11.8 Å². The van der Waals surface area contributed by atoms with Crippen LogP contribution in [0, 0.1) is 0 Å². The molecule has 142 valence electrons. The molecule has 5 heteroatoms. The lowest BCUT2D eigenvalue weighted by atomic mass is 10.1. The summed E-state index contributed by atoms with van der Waals surface area (Å²) in [6, 6.07) is 15.7. The summed E-state index contributed by atoms with van der Waals surface area (Å²) in [6.45, 7) is 7.76. The molecular formula is C22H27N3O2. The van der Waals surface area contributed by atoms with Gasteiger partial charge < -0.3 is 15.1 Å². The first-order chi connectivity index (χ1) is 13.0. The van der Waals surface area contributed by atoms with E-state index < -0.39 is 0 Å². The van der Waals surface area contributed by atoms with E-state index in [1.54, 1.807) is 29.2 Å². The van der Waals surface area contributed by atoms with Crippen LogP contribution < -0.4 is 10.2 Å². The molecule has 0 fully saturated rings. The van der Waals surface area contributed by atoms with Gasteiger partial charge in [-0.3, -0.25) is 9.59 Å². The fourth-order valence-corrected chi connectivity index (χ4v) is 3.62. The Morgan fingerprint density at radius 3 is 2.41 bits per heavy atom. The summed E-state index contributed by atoms with van der Waals surface area (Å²) in [4.78, 5) is 28.8. The van der Waals surface area contributed by atoms with E-state index in [9.17, 15) is 9.59 Å². The van der Waals surface area contributed by atoms with Gasteiger partial charge in [0.15, 0.2) is 0 Å². The lowest BCUT2D eigenvalue weighted by Crippen LogP contribution is -2.37. The number of fused-ring (bicyclic) bond motifs is 1. The molecule has 2 aromatic rings. The Morgan fingerprint density at radius 1 is 1.07 bits per heavy atom. The number of benzene rings is 2. The summed E-state index contributed by atoms with van der Waals surface area (Å²) in [5.41, 5.74) is 3.77. The molecule has 1 atom stereocenters. The summed E-state index contributed by atoms with van der Waals surface area (Å²) >= 11 is 0. The van der Waals surface area contributed by atoms with Gasteiger partial charge >= 0.3 is 0 Å². The Kier molecular flexibility index (Phi) is 5.79. The van der Waals surface area contributed by atoms with Crippen LogP contribution in [0.25, 0.3) is 0 Å². The molecule has 0 spiro atoms. The van der Waals surface area contributed by atoms with Crippen LogP contribution in [0.5, 0.6) is 0 Å². The fraction of sp³-hybridized carbons (Fsp3) is 0.364. The minimum Gasteiger partial charge on any atom is -0.359 e. The largest absolute Gasteiger partial charge is 0.359 e. The van der Waals surface area contributed by atoms with E-state index in [1.165, 1.54) is 5.56 Å². The van der Waals surface area contributed by atoms with Gasteiger partial charge in [0.1, 0.15) is 0 Å². The van der Waals surface area contributed by atoms with Crippen LogP contribution in [0.2, 0.25) is 0 Å². The highest BCUT2D eigenvalue weighted by atomic mass is 16.2. The molecule has 0 saturated carbocycles. The van der Waals surface area contributed by atoms with Crippen molar-refractivity contribution >= 4 is 23.2 Å². The number of hydrogen-bond acceptors (Lipinski definition) is 3. The normalized spacial score (nSPS) is 15.4. The second-order valence-corrected chi connectivity index (χ2v) is 6.91. The van der Waals surface area contributed by atoms with Gasteiger partial charge in [-0.15, -0.1) is 0 Å². The average Bonchev–Trinajstić information content (AvgIpc) is 2.98. The molecule has 0 bridgehead atoms. The molecule has 0 unspecified atom stereocenters. The summed E-state index contributed by atoms with van der Waals surface area (Å²) in [5, 5.41) is 2.94. The van der Waals surface area contributed by atoms with Gasteiger partial charge in [-0.1, -0.05) is 18.2 Å². The molecule has 0 aromatic heterocycles. The van der Waals surface area contributed by atoms with Crippen LogP contribution in [0.3, 0.4) is 0 Å². The topological polar surface area (TPSA) is 52.7 Å². The van der Waals surface area contributed by atoms with Crippen molar-refractivity contribution in [3.8, 4) is 0 Å². The molecule has 0 radical (unpaired) electrons. The zero-order valence-corrected chi connectivity index (χ0v) is 16.2. The van der Waals surface area contributed by atoms with Crippen LogP contribution >= 0.6 is 0 Å². The third-order valence-electron chi connectivity index (χ3n) is 5.13. The summed E-state index contributed by atoms with van der Waals surface area (Å²) < 4.78 is 0. The van der Waals surface area contributed by atoms with Crippen molar-refractivity contribution < 1.29 is 9.59 Å². The van der Waals surface area contributed by atoms with Crippen molar-refractivity contribution in [1.29, 1.82) is 0 Å². The highest BCUT2D eigenvalue weighted by Gasteiger charge is 2.27. The quantitative estimate of drug-likeness (QED) is 0.852. The number of carbonyl (C=O) groups is 2. The summed E-state index contributed by atoms with van der Waals surface area (Å²) in [5.74, 6) is -0.0400. The number of para-hydroxylation sites is 1. The van der Waals surface area contributed by atoms with Crippen LogP contribution in [-0.2, 0) is 11.2 Å². The van der Waals surface area contributed by atoms with Crippen molar-refractivity contribution in [1.82, 2.24) is 4.90 Å². The zero-order chi connectivity index (χ0) is 19.4. The lowest BCUT2D eigenvalue weighted by molar-refractivity contribution is -0.115. The highest BCUT2D eigenvalue weighted by molar-refractivity contribution is 5.97. The van der Waals surface area contributed by atoms with E-state index >= 15 is 0 Å². The van der Waals surface area contributed by atoms with E-state index in [2.05, 4.69) is 29.3 Å². The Hall–Kier alpha value is -2.82. The Bertz CT molecular complexity index is 813. The maximum Gasteiger partial charge on any atom is 0.253 e. The second-order valence-electron chi connectivity index (χ2n) is 6.91.